The van der Waals surface area contributed by atoms with Crippen molar-refractivity contribution in [2.75, 3.05) is 16.8 Å². The SMILES string of the molecule is CCCCN1C(=O)c2cccc3c(NC(=O)c4nc5ccccc5s4)ccc1c23. The Morgan fingerprint density at radius 1 is 1.10 bits per heavy atom. The van der Waals surface area contributed by atoms with Gasteiger partial charge in [0.15, 0.2) is 5.01 Å². The Bertz CT molecular complexity index is 1240. The van der Waals surface area contributed by atoms with Crippen LogP contribution in [0.5, 0.6) is 0 Å². The minimum Gasteiger partial charge on any atom is -0.319 e. The van der Waals surface area contributed by atoms with Crippen molar-refractivity contribution in [3.05, 3.63) is 65.2 Å². The van der Waals surface area contributed by atoms with Crippen molar-refractivity contribution < 1.29 is 9.59 Å². The van der Waals surface area contributed by atoms with Crippen LogP contribution in [0.4, 0.5) is 11.4 Å². The molecule has 0 unspecified atom stereocenters. The topological polar surface area (TPSA) is 62.3 Å². The molecule has 2 heterocycles. The number of carbonyl (C=O) groups excluding carboxylic acids is 2. The largest absolute Gasteiger partial charge is 0.319 e. The first-order chi connectivity index (χ1) is 14.2. The number of aromatic nitrogens is 1. The molecule has 5 rings (SSSR count). The molecule has 0 aliphatic carbocycles. The average molecular weight is 401 g/mol. The highest BCUT2D eigenvalue weighted by Gasteiger charge is 2.30. The highest BCUT2D eigenvalue weighted by atomic mass is 32.1. The van der Waals surface area contributed by atoms with Crippen molar-refractivity contribution >= 4 is 55.5 Å². The number of thiazole rings is 1. The zero-order chi connectivity index (χ0) is 20.0. The second-order valence-electron chi connectivity index (χ2n) is 7.11. The number of hydrogen-bond donors (Lipinski definition) is 1. The van der Waals surface area contributed by atoms with Gasteiger partial charge in [0.1, 0.15) is 0 Å². The summed E-state index contributed by atoms with van der Waals surface area (Å²) in [6.07, 6.45) is 1.98. The molecule has 0 atom stereocenters. The van der Waals surface area contributed by atoms with Gasteiger partial charge in [-0.15, -0.1) is 11.3 Å². The van der Waals surface area contributed by atoms with Gasteiger partial charge in [-0.1, -0.05) is 37.6 Å². The molecule has 144 valence electrons. The van der Waals surface area contributed by atoms with Crippen molar-refractivity contribution in [1.29, 1.82) is 0 Å². The van der Waals surface area contributed by atoms with Crippen LogP contribution in [0, 0.1) is 0 Å². The fraction of sp³-hybridized carbons (Fsp3) is 0.174. The van der Waals surface area contributed by atoms with Crippen molar-refractivity contribution in [2.24, 2.45) is 0 Å². The highest BCUT2D eigenvalue weighted by Crippen LogP contribution is 2.40. The van der Waals surface area contributed by atoms with Gasteiger partial charge in [-0.25, -0.2) is 4.98 Å². The Morgan fingerprint density at radius 2 is 1.97 bits per heavy atom. The molecule has 1 N–H and O–H groups in total. The van der Waals surface area contributed by atoms with Gasteiger partial charge in [-0.2, -0.15) is 0 Å². The number of para-hydroxylation sites is 1. The first kappa shape index (κ1) is 17.8. The van der Waals surface area contributed by atoms with E-state index in [0.29, 0.717) is 22.8 Å². The molecule has 1 aromatic heterocycles. The van der Waals surface area contributed by atoms with Crippen LogP contribution in [0.3, 0.4) is 0 Å². The van der Waals surface area contributed by atoms with E-state index < -0.39 is 0 Å². The summed E-state index contributed by atoms with van der Waals surface area (Å²) in [7, 11) is 0. The van der Waals surface area contributed by atoms with Crippen LogP contribution < -0.4 is 10.2 Å². The molecule has 3 aromatic carbocycles. The molecule has 4 aromatic rings. The molecule has 0 saturated heterocycles. The molecule has 29 heavy (non-hydrogen) atoms. The fourth-order valence-corrected chi connectivity index (χ4v) is 4.70. The van der Waals surface area contributed by atoms with E-state index >= 15 is 0 Å². The molecule has 1 aliphatic heterocycles. The van der Waals surface area contributed by atoms with Gasteiger partial charge in [0, 0.05) is 28.6 Å². The maximum atomic E-state index is 12.9. The molecular weight excluding hydrogens is 382 g/mol. The third-order valence-corrected chi connectivity index (χ3v) is 6.29. The molecule has 0 fully saturated rings. The van der Waals surface area contributed by atoms with Crippen LogP contribution in [-0.2, 0) is 0 Å². The number of nitrogens with one attached hydrogen (secondary N) is 1. The molecule has 6 heteroatoms. The monoisotopic (exact) mass is 401 g/mol. The smallest absolute Gasteiger partial charge is 0.284 e. The van der Waals surface area contributed by atoms with E-state index in [1.807, 2.05) is 59.5 Å². The first-order valence-electron chi connectivity index (χ1n) is 9.72. The maximum absolute atomic E-state index is 12.9. The zero-order valence-electron chi connectivity index (χ0n) is 15.9. The van der Waals surface area contributed by atoms with Gasteiger partial charge in [0.05, 0.1) is 15.9 Å². The highest BCUT2D eigenvalue weighted by molar-refractivity contribution is 7.20. The summed E-state index contributed by atoms with van der Waals surface area (Å²) >= 11 is 1.37. The normalized spacial score (nSPS) is 12.9. The van der Waals surface area contributed by atoms with Gasteiger partial charge in [0.25, 0.3) is 11.8 Å². The van der Waals surface area contributed by atoms with E-state index in [2.05, 4.69) is 17.2 Å². The van der Waals surface area contributed by atoms with E-state index in [9.17, 15) is 9.59 Å². The van der Waals surface area contributed by atoms with Crippen LogP contribution in [0.1, 0.15) is 39.9 Å². The molecule has 0 saturated carbocycles. The molecule has 5 nitrogen and oxygen atoms in total. The summed E-state index contributed by atoms with van der Waals surface area (Å²) in [5.41, 5.74) is 3.14. The van der Waals surface area contributed by atoms with Gasteiger partial charge in [-0.3, -0.25) is 9.59 Å². The number of anilines is 2. The summed E-state index contributed by atoms with van der Waals surface area (Å²) in [6.45, 7) is 2.82. The number of unbranched alkanes of at least 4 members (excludes halogenated alkanes) is 1. The molecule has 1 aliphatic rings. The van der Waals surface area contributed by atoms with Crippen LogP contribution in [0.2, 0.25) is 0 Å². The van der Waals surface area contributed by atoms with Gasteiger partial charge >= 0.3 is 0 Å². The predicted octanol–water partition coefficient (Wildman–Crippen LogP) is 5.46. The van der Waals surface area contributed by atoms with Crippen molar-refractivity contribution in [2.45, 2.75) is 19.8 Å². The van der Waals surface area contributed by atoms with Crippen molar-refractivity contribution in [3.63, 3.8) is 0 Å². The molecular formula is C23H19N3O2S. The Balaban J connectivity index is 1.53. The third-order valence-electron chi connectivity index (χ3n) is 5.26. The number of benzene rings is 3. The number of amides is 2. The van der Waals surface area contributed by atoms with E-state index in [-0.39, 0.29) is 11.8 Å². The lowest BCUT2D eigenvalue weighted by molar-refractivity contribution is 0.0991. The predicted molar refractivity (Wildman–Crippen MR) is 118 cm³/mol. The Labute approximate surface area is 172 Å². The summed E-state index contributed by atoms with van der Waals surface area (Å²) in [4.78, 5) is 32.0. The van der Waals surface area contributed by atoms with Crippen LogP contribution in [0.25, 0.3) is 21.0 Å². The number of carbonyl (C=O) groups is 2. The minimum absolute atomic E-state index is 0.0358. The summed E-state index contributed by atoms with van der Waals surface area (Å²) in [5.74, 6) is -0.201. The van der Waals surface area contributed by atoms with E-state index in [0.717, 1.165) is 39.5 Å². The fourth-order valence-electron chi connectivity index (χ4n) is 3.84. The van der Waals surface area contributed by atoms with Crippen LogP contribution >= 0.6 is 11.3 Å². The van der Waals surface area contributed by atoms with E-state index in [1.165, 1.54) is 11.3 Å². The number of rotatable bonds is 5. The van der Waals surface area contributed by atoms with Gasteiger partial charge in [0.2, 0.25) is 0 Å². The molecule has 0 spiro atoms. The summed E-state index contributed by atoms with van der Waals surface area (Å²) in [5, 5.41) is 5.21. The van der Waals surface area contributed by atoms with Crippen LogP contribution in [-0.4, -0.2) is 23.3 Å². The Kier molecular flexibility index (Phi) is 4.28. The lowest BCUT2D eigenvalue weighted by Gasteiger charge is -2.17. The quantitative estimate of drug-likeness (QED) is 0.483. The lowest BCUT2D eigenvalue weighted by Crippen LogP contribution is -2.27. The number of hydrogen-bond acceptors (Lipinski definition) is 4. The Hall–Kier alpha value is -3.25. The van der Waals surface area contributed by atoms with Crippen molar-refractivity contribution in [1.82, 2.24) is 4.98 Å². The van der Waals surface area contributed by atoms with Crippen LogP contribution in [0.15, 0.2) is 54.6 Å². The average Bonchev–Trinajstić information content (AvgIpc) is 3.29. The summed E-state index contributed by atoms with van der Waals surface area (Å²) in [6, 6.07) is 17.2. The second-order valence-corrected chi connectivity index (χ2v) is 8.14. The second kappa shape index (κ2) is 6.97. The molecule has 0 radical (unpaired) electrons. The van der Waals surface area contributed by atoms with Gasteiger partial charge in [-0.05, 0) is 36.8 Å². The van der Waals surface area contributed by atoms with E-state index in [4.69, 9.17) is 0 Å². The number of fused-ring (bicyclic) bond motifs is 1. The standard InChI is InChI=1S/C23H19N3O2S/c1-2-3-13-26-18-12-11-16(14-7-6-8-15(20(14)18)23(26)28)24-21(27)22-25-17-9-4-5-10-19(17)29-22/h4-12H,2-3,13H2,1H3,(H,24,27). The minimum atomic E-state index is -0.237. The summed E-state index contributed by atoms with van der Waals surface area (Å²) < 4.78 is 0.982. The van der Waals surface area contributed by atoms with Gasteiger partial charge < -0.3 is 10.2 Å². The number of nitrogens with zero attached hydrogens (tertiary/aromatic N) is 2. The zero-order valence-corrected chi connectivity index (χ0v) is 16.8. The molecule has 2 amide bonds. The van der Waals surface area contributed by atoms with E-state index in [1.54, 1.807) is 0 Å². The first-order valence-corrected chi connectivity index (χ1v) is 10.5. The van der Waals surface area contributed by atoms with Crippen molar-refractivity contribution in [3.8, 4) is 0 Å². The lowest BCUT2D eigenvalue weighted by atomic mass is 10.0. The third kappa shape index (κ3) is 2.87. The Morgan fingerprint density at radius 3 is 2.79 bits per heavy atom. The maximum Gasteiger partial charge on any atom is 0.284 e. The molecule has 0 bridgehead atoms.